The second kappa shape index (κ2) is 7.65. The van der Waals surface area contributed by atoms with Gasteiger partial charge in [0, 0.05) is 17.7 Å². The fraction of sp³-hybridized carbons (Fsp3) is 0.0435. The summed E-state index contributed by atoms with van der Waals surface area (Å²) in [5.41, 5.74) is 6.08. The maximum Gasteiger partial charge on any atom is 0.0944 e. The monoisotopic (exact) mass is 465 g/mol. The zero-order valence-electron chi connectivity index (χ0n) is 14.1. The first-order chi connectivity index (χ1) is 12.8. The molecule has 1 nitrogen and oxygen atoms in total. The number of benzene rings is 3. The Labute approximate surface area is 170 Å². The molecular formula is C23H17Br2N. The van der Waals surface area contributed by atoms with E-state index in [1.807, 2.05) is 6.07 Å². The van der Waals surface area contributed by atoms with Gasteiger partial charge in [-0.25, -0.2) is 0 Å². The molecule has 0 atom stereocenters. The SMILES string of the molecule is Brc1c(-c2ccccc2)c(-c2ccccc2)c(Br)n1Cc1ccccc1. The topological polar surface area (TPSA) is 4.93 Å². The van der Waals surface area contributed by atoms with Crippen LogP contribution >= 0.6 is 31.9 Å². The van der Waals surface area contributed by atoms with Crippen molar-refractivity contribution >= 4 is 31.9 Å². The van der Waals surface area contributed by atoms with Gasteiger partial charge in [0.25, 0.3) is 0 Å². The van der Waals surface area contributed by atoms with Crippen LogP contribution in [0.3, 0.4) is 0 Å². The Hall–Kier alpha value is -2.10. The van der Waals surface area contributed by atoms with Crippen molar-refractivity contribution in [1.29, 1.82) is 0 Å². The van der Waals surface area contributed by atoms with E-state index in [9.17, 15) is 0 Å². The summed E-state index contributed by atoms with van der Waals surface area (Å²) in [6.07, 6.45) is 0. The Bertz CT molecular complexity index is 944. The minimum atomic E-state index is 0.800. The molecule has 0 aliphatic carbocycles. The highest BCUT2D eigenvalue weighted by atomic mass is 79.9. The molecule has 0 aliphatic rings. The Morgan fingerprint density at radius 1 is 0.538 bits per heavy atom. The lowest BCUT2D eigenvalue weighted by Gasteiger charge is -2.08. The average Bonchev–Trinajstić information content (AvgIpc) is 2.95. The van der Waals surface area contributed by atoms with Crippen molar-refractivity contribution in [3.8, 4) is 22.3 Å². The molecule has 26 heavy (non-hydrogen) atoms. The molecular weight excluding hydrogens is 450 g/mol. The lowest BCUT2D eigenvalue weighted by molar-refractivity contribution is 0.770. The van der Waals surface area contributed by atoms with Crippen molar-refractivity contribution in [2.24, 2.45) is 0 Å². The first-order valence-corrected chi connectivity index (χ1v) is 10.1. The minimum absolute atomic E-state index is 0.800. The van der Waals surface area contributed by atoms with Gasteiger partial charge in [0.2, 0.25) is 0 Å². The molecule has 0 N–H and O–H groups in total. The average molecular weight is 467 g/mol. The van der Waals surface area contributed by atoms with E-state index in [0.29, 0.717) is 0 Å². The Morgan fingerprint density at radius 3 is 1.35 bits per heavy atom. The molecule has 0 saturated carbocycles. The van der Waals surface area contributed by atoms with Gasteiger partial charge in [0.1, 0.15) is 0 Å². The van der Waals surface area contributed by atoms with Gasteiger partial charge in [-0.15, -0.1) is 0 Å². The van der Waals surface area contributed by atoms with Crippen LogP contribution in [0, 0.1) is 0 Å². The molecule has 3 aromatic carbocycles. The normalized spacial score (nSPS) is 10.8. The highest BCUT2D eigenvalue weighted by molar-refractivity contribution is 9.11. The van der Waals surface area contributed by atoms with Gasteiger partial charge in [0.15, 0.2) is 0 Å². The van der Waals surface area contributed by atoms with Gasteiger partial charge in [-0.1, -0.05) is 91.0 Å². The molecule has 128 valence electrons. The Kier molecular flexibility index (Phi) is 5.09. The van der Waals surface area contributed by atoms with Gasteiger partial charge < -0.3 is 4.57 Å². The highest BCUT2D eigenvalue weighted by Gasteiger charge is 2.22. The predicted octanol–water partition coefficient (Wildman–Crippen LogP) is 7.40. The number of aromatic nitrogens is 1. The van der Waals surface area contributed by atoms with E-state index in [2.05, 4.69) is 121 Å². The summed E-state index contributed by atoms with van der Waals surface area (Å²) >= 11 is 7.75. The fourth-order valence-electron chi connectivity index (χ4n) is 3.20. The van der Waals surface area contributed by atoms with E-state index in [4.69, 9.17) is 0 Å². The first-order valence-electron chi connectivity index (χ1n) is 8.48. The zero-order chi connectivity index (χ0) is 17.9. The highest BCUT2D eigenvalue weighted by Crippen LogP contribution is 2.45. The third-order valence-corrected chi connectivity index (χ3v) is 6.09. The Balaban J connectivity index is 1.93. The van der Waals surface area contributed by atoms with E-state index >= 15 is 0 Å². The molecule has 4 aromatic rings. The number of hydrogen-bond acceptors (Lipinski definition) is 0. The van der Waals surface area contributed by atoms with Crippen LogP contribution in [0.1, 0.15) is 5.56 Å². The molecule has 0 aliphatic heterocycles. The van der Waals surface area contributed by atoms with Crippen LogP contribution in [0.25, 0.3) is 22.3 Å². The summed E-state index contributed by atoms with van der Waals surface area (Å²) in [6.45, 7) is 0.800. The molecule has 3 heteroatoms. The summed E-state index contributed by atoms with van der Waals surface area (Å²) in [6, 6.07) is 31.6. The van der Waals surface area contributed by atoms with E-state index in [1.54, 1.807) is 0 Å². The summed E-state index contributed by atoms with van der Waals surface area (Å²) in [5.74, 6) is 0. The maximum absolute atomic E-state index is 3.88. The lowest BCUT2D eigenvalue weighted by Crippen LogP contribution is -2.00. The quantitative estimate of drug-likeness (QED) is 0.295. The predicted molar refractivity (Wildman–Crippen MR) is 116 cm³/mol. The molecule has 0 radical (unpaired) electrons. The van der Waals surface area contributed by atoms with Crippen molar-refractivity contribution < 1.29 is 0 Å². The number of rotatable bonds is 4. The molecule has 1 heterocycles. The molecule has 0 bridgehead atoms. The number of hydrogen-bond donors (Lipinski definition) is 0. The second-order valence-electron chi connectivity index (χ2n) is 6.14. The van der Waals surface area contributed by atoms with Gasteiger partial charge in [-0.05, 0) is 48.6 Å². The molecule has 0 spiro atoms. The molecule has 0 unspecified atom stereocenters. The third kappa shape index (κ3) is 3.29. The fourth-order valence-corrected chi connectivity index (χ4v) is 4.90. The minimum Gasteiger partial charge on any atom is -0.324 e. The van der Waals surface area contributed by atoms with Crippen LogP contribution in [0.5, 0.6) is 0 Å². The number of nitrogens with zero attached hydrogens (tertiary/aromatic N) is 1. The smallest absolute Gasteiger partial charge is 0.0944 e. The molecule has 4 rings (SSSR count). The van der Waals surface area contributed by atoms with E-state index in [0.717, 1.165) is 15.8 Å². The van der Waals surface area contributed by atoms with Crippen molar-refractivity contribution in [2.75, 3.05) is 0 Å². The van der Waals surface area contributed by atoms with Gasteiger partial charge in [-0.2, -0.15) is 0 Å². The van der Waals surface area contributed by atoms with Crippen molar-refractivity contribution in [1.82, 2.24) is 4.57 Å². The van der Waals surface area contributed by atoms with E-state index < -0.39 is 0 Å². The summed E-state index contributed by atoms with van der Waals surface area (Å²) < 4.78 is 4.44. The largest absolute Gasteiger partial charge is 0.324 e. The van der Waals surface area contributed by atoms with Crippen LogP contribution in [0.15, 0.2) is 100 Å². The van der Waals surface area contributed by atoms with Crippen LogP contribution in [0.4, 0.5) is 0 Å². The van der Waals surface area contributed by atoms with Gasteiger partial charge in [-0.3, -0.25) is 0 Å². The third-order valence-electron chi connectivity index (χ3n) is 4.44. The van der Waals surface area contributed by atoms with Crippen molar-refractivity contribution in [3.63, 3.8) is 0 Å². The summed E-state index contributed by atoms with van der Waals surface area (Å²) in [4.78, 5) is 0. The molecule has 1 aromatic heterocycles. The van der Waals surface area contributed by atoms with Crippen LogP contribution in [-0.4, -0.2) is 4.57 Å². The zero-order valence-corrected chi connectivity index (χ0v) is 17.2. The van der Waals surface area contributed by atoms with Gasteiger partial charge in [0.05, 0.1) is 9.21 Å². The van der Waals surface area contributed by atoms with E-state index in [1.165, 1.54) is 27.8 Å². The van der Waals surface area contributed by atoms with Crippen molar-refractivity contribution in [2.45, 2.75) is 6.54 Å². The van der Waals surface area contributed by atoms with E-state index in [-0.39, 0.29) is 0 Å². The van der Waals surface area contributed by atoms with Crippen LogP contribution in [-0.2, 0) is 6.54 Å². The Morgan fingerprint density at radius 2 is 0.923 bits per heavy atom. The van der Waals surface area contributed by atoms with Crippen LogP contribution < -0.4 is 0 Å². The molecule has 0 fully saturated rings. The first kappa shape index (κ1) is 17.3. The van der Waals surface area contributed by atoms with Crippen LogP contribution in [0.2, 0.25) is 0 Å². The molecule has 0 amide bonds. The second-order valence-corrected chi connectivity index (χ2v) is 7.64. The number of halogens is 2. The molecule has 0 saturated heterocycles. The maximum atomic E-state index is 3.88. The lowest BCUT2D eigenvalue weighted by atomic mass is 9.99. The summed E-state index contributed by atoms with van der Waals surface area (Å²) in [5, 5.41) is 0. The van der Waals surface area contributed by atoms with Crippen molar-refractivity contribution in [3.05, 3.63) is 106 Å². The van der Waals surface area contributed by atoms with Gasteiger partial charge >= 0.3 is 0 Å². The standard InChI is InChI=1S/C23H17Br2N/c24-22-20(18-12-6-2-7-13-18)21(19-14-8-3-9-15-19)23(25)26(22)16-17-10-4-1-5-11-17/h1-15H,16H2. The summed E-state index contributed by atoms with van der Waals surface area (Å²) in [7, 11) is 0.